The van der Waals surface area contributed by atoms with Gasteiger partial charge in [0.05, 0.1) is 5.57 Å². The number of oxazole rings is 1. The third-order valence-electron chi connectivity index (χ3n) is 4.98. The van der Waals surface area contributed by atoms with E-state index in [1.54, 1.807) is 6.07 Å². The van der Waals surface area contributed by atoms with E-state index in [4.69, 9.17) is 8.83 Å². The maximum Gasteiger partial charge on any atom is 0.266 e. The van der Waals surface area contributed by atoms with Crippen LogP contribution in [0.3, 0.4) is 0 Å². The number of benzene rings is 2. The van der Waals surface area contributed by atoms with E-state index in [0.29, 0.717) is 34.1 Å². The minimum absolute atomic E-state index is 0.104. The van der Waals surface area contributed by atoms with Crippen molar-refractivity contribution in [1.29, 1.82) is 0 Å². The summed E-state index contributed by atoms with van der Waals surface area (Å²) in [4.78, 5) is 30.0. The number of Topliss-reactive ketones (excluding diaryl/α,β-unsaturated/α-hetero) is 2. The van der Waals surface area contributed by atoms with Gasteiger partial charge in [-0.15, -0.1) is 0 Å². The molecule has 0 radical (unpaired) electrons. The Kier molecular flexibility index (Phi) is 3.46. The number of fused-ring (bicyclic) bond motifs is 2. The highest BCUT2D eigenvalue weighted by atomic mass is 16.4. The topological polar surface area (TPSA) is 73.3 Å². The third-order valence-corrected chi connectivity index (χ3v) is 4.98. The Morgan fingerprint density at radius 3 is 2.11 bits per heavy atom. The van der Waals surface area contributed by atoms with Crippen LogP contribution in [0, 0.1) is 13.8 Å². The Morgan fingerprint density at radius 1 is 0.857 bits per heavy atom. The van der Waals surface area contributed by atoms with Crippen LogP contribution in [0.25, 0.3) is 28.8 Å². The molecular weight excluding hydrogens is 354 g/mol. The van der Waals surface area contributed by atoms with Crippen LogP contribution in [-0.2, 0) is 0 Å². The van der Waals surface area contributed by atoms with E-state index in [0.717, 1.165) is 16.7 Å². The fourth-order valence-corrected chi connectivity index (χ4v) is 3.57. The summed E-state index contributed by atoms with van der Waals surface area (Å²) in [6.07, 6.45) is 1.48. The van der Waals surface area contributed by atoms with Crippen molar-refractivity contribution in [1.82, 2.24) is 4.98 Å². The second-order valence-electron chi connectivity index (χ2n) is 6.87. The van der Waals surface area contributed by atoms with Crippen LogP contribution in [0.1, 0.15) is 37.6 Å². The molecule has 5 nitrogen and oxygen atoms in total. The molecule has 0 aliphatic heterocycles. The molecule has 0 atom stereocenters. The number of aromatic nitrogens is 1. The molecule has 0 amide bonds. The number of nitrogens with zero attached hydrogens (tertiary/aromatic N) is 1. The Labute approximate surface area is 160 Å². The lowest BCUT2D eigenvalue weighted by Crippen LogP contribution is -2.00. The monoisotopic (exact) mass is 369 g/mol. The number of hydrogen-bond acceptors (Lipinski definition) is 5. The van der Waals surface area contributed by atoms with Crippen molar-refractivity contribution in [2.75, 3.05) is 0 Å². The van der Waals surface area contributed by atoms with Gasteiger partial charge in [0.1, 0.15) is 5.76 Å². The van der Waals surface area contributed by atoms with Gasteiger partial charge in [-0.25, -0.2) is 0 Å². The van der Waals surface area contributed by atoms with Crippen LogP contribution in [0.15, 0.2) is 62.9 Å². The second kappa shape index (κ2) is 5.89. The van der Waals surface area contributed by atoms with Crippen molar-refractivity contribution in [3.8, 4) is 11.5 Å². The van der Waals surface area contributed by atoms with E-state index in [1.165, 1.54) is 6.08 Å². The summed E-state index contributed by atoms with van der Waals surface area (Å²) in [5.41, 5.74) is 4.30. The number of carbonyl (C=O) groups is 2. The zero-order chi connectivity index (χ0) is 19.4. The largest absolute Gasteiger partial charge is 0.436 e. The highest BCUT2D eigenvalue weighted by molar-refractivity contribution is 6.42. The average molecular weight is 369 g/mol. The lowest BCUT2D eigenvalue weighted by atomic mass is 9.99. The summed E-state index contributed by atoms with van der Waals surface area (Å²) in [7, 11) is 0. The highest BCUT2D eigenvalue weighted by Gasteiger charge is 2.36. The van der Waals surface area contributed by atoms with Gasteiger partial charge in [-0.3, -0.25) is 9.59 Å². The van der Waals surface area contributed by atoms with Gasteiger partial charge < -0.3 is 8.83 Å². The Balaban J connectivity index is 1.55. The molecule has 0 saturated heterocycles. The summed E-state index contributed by atoms with van der Waals surface area (Å²) in [5.74, 6) is 0.278. The molecule has 1 aliphatic rings. The van der Waals surface area contributed by atoms with Crippen molar-refractivity contribution in [2.24, 2.45) is 0 Å². The zero-order valence-electron chi connectivity index (χ0n) is 15.3. The smallest absolute Gasteiger partial charge is 0.266 e. The molecule has 5 rings (SSSR count). The van der Waals surface area contributed by atoms with E-state index in [-0.39, 0.29) is 17.1 Å². The van der Waals surface area contributed by atoms with Gasteiger partial charge in [0.25, 0.3) is 5.71 Å². The van der Waals surface area contributed by atoms with Gasteiger partial charge in [-0.05, 0) is 43.2 Å². The molecule has 1 aliphatic carbocycles. The average Bonchev–Trinajstić information content (AvgIpc) is 3.32. The Morgan fingerprint density at radius 2 is 1.50 bits per heavy atom. The molecule has 0 spiro atoms. The summed E-state index contributed by atoms with van der Waals surface area (Å²) < 4.78 is 11.5. The fraction of sp³-hybridized carbons (Fsp3) is 0.0870. The quantitative estimate of drug-likeness (QED) is 0.360. The summed E-state index contributed by atoms with van der Waals surface area (Å²) in [6.45, 7) is 3.67. The Hall–Kier alpha value is -3.73. The van der Waals surface area contributed by atoms with Crippen molar-refractivity contribution in [3.05, 3.63) is 82.1 Å². The van der Waals surface area contributed by atoms with Crippen LogP contribution in [0.5, 0.6) is 0 Å². The molecule has 136 valence electrons. The summed E-state index contributed by atoms with van der Waals surface area (Å²) >= 11 is 0. The standard InChI is InChI=1S/C23H15NO4/c1-12-8-9-13(2)19-18(12)20(25)16(21(19)26)10-15-11-17-23(27-15)24-22(28-17)14-6-4-3-5-7-14/h3-11H,1-2H3. The van der Waals surface area contributed by atoms with Crippen molar-refractivity contribution < 1.29 is 18.4 Å². The molecule has 4 aromatic rings. The number of aryl methyl sites for hydroxylation is 2. The van der Waals surface area contributed by atoms with Crippen molar-refractivity contribution >= 4 is 28.9 Å². The molecule has 0 N–H and O–H groups in total. The molecule has 2 aromatic carbocycles. The first-order valence-corrected chi connectivity index (χ1v) is 8.90. The molecule has 0 fully saturated rings. The zero-order valence-corrected chi connectivity index (χ0v) is 15.3. The van der Waals surface area contributed by atoms with Crippen LogP contribution < -0.4 is 0 Å². The first kappa shape index (κ1) is 16.4. The van der Waals surface area contributed by atoms with Crippen molar-refractivity contribution in [3.63, 3.8) is 0 Å². The van der Waals surface area contributed by atoms with E-state index in [1.807, 2.05) is 56.3 Å². The Bertz CT molecular complexity index is 1230. The lowest BCUT2D eigenvalue weighted by Gasteiger charge is -2.03. The molecule has 0 bridgehead atoms. The molecule has 0 unspecified atom stereocenters. The predicted octanol–water partition coefficient (Wildman–Crippen LogP) is 5.17. The molecule has 2 aromatic heterocycles. The number of allylic oxidation sites excluding steroid dienone is 1. The first-order valence-electron chi connectivity index (χ1n) is 8.90. The van der Waals surface area contributed by atoms with E-state index < -0.39 is 0 Å². The number of rotatable bonds is 2. The number of ketones is 2. The van der Waals surface area contributed by atoms with Gasteiger partial charge in [0.2, 0.25) is 5.89 Å². The van der Waals surface area contributed by atoms with Crippen molar-refractivity contribution in [2.45, 2.75) is 13.8 Å². The minimum atomic E-state index is -0.271. The van der Waals surface area contributed by atoms with E-state index in [2.05, 4.69) is 4.98 Å². The van der Waals surface area contributed by atoms with Crippen LogP contribution in [0.4, 0.5) is 0 Å². The second-order valence-corrected chi connectivity index (χ2v) is 6.87. The molecule has 28 heavy (non-hydrogen) atoms. The van der Waals surface area contributed by atoms with Gasteiger partial charge in [0.15, 0.2) is 17.1 Å². The van der Waals surface area contributed by atoms with Gasteiger partial charge in [0, 0.05) is 22.8 Å². The number of furan rings is 1. The molecule has 0 saturated carbocycles. The predicted molar refractivity (Wildman–Crippen MR) is 104 cm³/mol. The maximum absolute atomic E-state index is 12.8. The van der Waals surface area contributed by atoms with Crippen LogP contribution >= 0.6 is 0 Å². The summed E-state index contributed by atoms with van der Waals surface area (Å²) in [6, 6.07) is 14.9. The lowest BCUT2D eigenvalue weighted by molar-refractivity contribution is 0.0990. The van der Waals surface area contributed by atoms with Gasteiger partial charge >= 0.3 is 0 Å². The number of hydrogen-bond donors (Lipinski definition) is 0. The highest BCUT2D eigenvalue weighted by Crippen LogP contribution is 2.34. The van der Waals surface area contributed by atoms with Crippen LogP contribution in [0.2, 0.25) is 0 Å². The van der Waals surface area contributed by atoms with E-state index >= 15 is 0 Å². The SMILES string of the molecule is Cc1ccc(C)c2c1C(=O)C(=Cc1cc3oc(-c4ccccc4)nc3o1)C2=O. The molecular formula is C23H15NO4. The van der Waals surface area contributed by atoms with Gasteiger partial charge in [-0.1, -0.05) is 30.3 Å². The molecule has 2 heterocycles. The third kappa shape index (κ3) is 2.36. The normalized spacial score (nSPS) is 13.4. The maximum atomic E-state index is 12.8. The van der Waals surface area contributed by atoms with Gasteiger partial charge in [-0.2, -0.15) is 4.98 Å². The minimum Gasteiger partial charge on any atom is -0.436 e. The van der Waals surface area contributed by atoms with Crippen LogP contribution in [-0.4, -0.2) is 16.6 Å². The number of carbonyl (C=O) groups excluding carboxylic acids is 2. The summed E-state index contributed by atoms with van der Waals surface area (Å²) in [5, 5.41) is 0. The first-order chi connectivity index (χ1) is 13.5. The fourth-order valence-electron chi connectivity index (χ4n) is 3.57. The van der Waals surface area contributed by atoms with E-state index in [9.17, 15) is 9.59 Å². The molecule has 5 heteroatoms.